The Balaban J connectivity index is 1.74. The molecule has 1 fully saturated rings. The molecule has 0 aliphatic heterocycles. The van der Waals surface area contributed by atoms with Crippen molar-refractivity contribution in [3.05, 3.63) is 41.9 Å². The van der Waals surface area contributed by atoms with Crippen molar-refractivity contribution in [3.8, 4) is 11.3 Å². The summed E-state index contributed by atoms with van der Waals surface area (Å²) >= 11 is 0. The Hall–Kier alpha value is -3.13. The maximum absolute atomic E-state index is 13.0. The van der Waals surface area contributed by atoms with Crippen LogP contribution in [0.25, 0.3) is 22.0 Å². The molecule has 8 heteroatoms. The molecule has 1 amide bonds. The second kappa shape index (κ2) is 6.55. The highest BCUT2D eigenvalue weighted by Crippen LogP contribution is 2.35. The van der Waals surface area contributed by atoms with Crippen LogP contribution < -0.4 is 11.1 Å². The summed E-state index contributed by atoms with van der Waals surface area (Å²) in [5, 5.41) is 13.4. The summed E-state index contributed by atoms with van der Waals surface area (Å²) in [7, 11) is 0. The van der Waals surface area contributed by atoms with Gasteiger partial charge < -0.3 is 16.2 Å². The molecule has 0 unspecified atom stereocenters. The number of rotatable bonds is 4. The molecule has 7 nitrogen and oxygen atoms in total. The second-order valence-electron chi connectivity index (χ2n) is 6.68. The number of nitrogens with two attached hydrogens (primary N) is 1. The van der Waals surface area contributed by atoms with Crippen LogP contribution in [-0.2, 0) is 11.4 Å². The van der Waals surface area contributed by atoms with E-state index in [1.807, 2.05) is 13.0 Å². The van der Waals surface area contributed by atoms with Gasteiger partial charge in [-0.3, -0.25) is 9.78 Å². The molecule has 3 aromatic rings. The third-order valence-electron chi connectivity index (χ3n) is 4.64. The van der Waals surface area contributed by atoms with Gasteiger partial charge in [0.2, 0.25) is 5.91 Å². The van der Waals surface area contributed by atoms with E-state index in [9.17, 15) is 14.3 Å². The largest absolute Gasteiger partial charge is 0.390 e. The van der Waals surface area contributed by atoms with Gasteiger partial charge in [0.25, 0.3) is 0 Å². The molecule has 2 atom stereocenters. The third kappa shape index (κ3) is 3.31. The highest BCUT2D eigenvalue weighted by atomic mass is 19.1. The number of aromatic nitrogens is 3. The van der Waals surface area contributed by atoms with Gasteiger partial charge in [-0.05, 0) is 42.5 Å². The number of hydrogen-bond donors (Lipinski definition) is 3. The molecular formula is C19H18FN5O2. The molecule has 0 aromatic carbocycles. The summed E-state index contributed by atoms with van der Waals surface area (Å²) in [6.45, 7) is 1.72. The fraction of sp³-hybridized carbons (Fsp3) is 0.263. The Morgan fingerprint density at radius 3 is 2.81 bits per heavy atom. The number of anilines is 2. The van der Waals surface area contributed by atoms with Crippen LogP contribution in [0.5, 0.6) is 0 Å². The number of aryl methyl sites for hydroxylation is 1. The fourth-order valence-electron chi connectivity index (χ4n) is 2.96. The topological polar surface area (TPSA) is 114 Å². The number of pyridine rings is 3. The standard InChI is InChI=1S/C19H18FN5O2/c1-9-6-22-11(8-26)4-12(9)16-2-10-3-17(23-7-14(10)18(21)24-16)25-19(27)13-5-15(13)20/h2-4,6-7,13,15,26H,5,8H2,1H3,(H2,21,24)(H,23,25,27)/t13-,15+/m1/s1. The van der Waals surface area contributed by atoms with E-state index in [1.165, 1.54) is 6.20 Å². The summed E-state index contributed by atoms with van der Waals surface area (Å²) in [4.78, 5) is 24.7. The summed E-state index contributed by atoms with van der Waals surface area (Å²) in [5.74, 6) is -0.308. The van der Waals surface area contributed by atoms with Crippen LogP contribution in [0.2, 0.25) is 0 Å². The lowest BCUT2D eigenvalue weighted by Gasteiger charge is -2.11. The van der Waals surface area contributed by atoms with Crippen LogP contribution in [-0.4, -0.2) is 32.1 Å². The molecule has 3 aromatic heterocycles. The molecule has 4 N–H and O–H groups in total. The minimum absolute atomic E-state index is 0.173. The first-order chi connectivity index (χ1) is 13.0. The first kappa shape index (κ1) is 17.3. The molecule has 3 heterocycles. The van der Waals surface area contributed by atoms with Crippen molar-refractivity contribution in [2.45, 2.75) is 26.1 Å². The SMILES string of the molecule is Cc1cnc(CO)cc1-c1cc2cc(NC(=O)[C@@H]3C[C@@H]3F)ncc2c(N)n1. The molecule has 1 aliphatic rings. The third-order valence-corrected chi connectivity index (χ3v) is 4.64. The van der Waals surface area contributed by atoms with Crippen molar-refractivity contribution >= 4 is 28.3 Å². The zero-order valence-corrected chi connectivity index (χ0v) is 14.6. The number of hydrogen-bond acceptors (Lipinski definition) is 6. The summed E-state index contributed by atoms with van der Waals surface area (Å²) in [6, 6.07) is 5.29. The van der Waals surface area contributed by atoms with Crippen LogP contribution >= 0.6 is 0 Å². The van der Waals surface area contributed by atoms with E-state index in [0.29, 0.717) is 28.4 Å². The predicted molar refractivity (Wildman–Crippen MR) is 99.5 cm³/mol. The zero-order valence-electron chi connectivity index (χ0n) is 14.6. The minimum atomic E-state index is -1.06. The Kier molecular flexibility index (Phi) is 4.19. The highest BCUT2D eigenvalue weighted by molar-refractivity contribution is 5.98. The lowest BCUT2D eigenvalue weighted by Crippen LogP contribution is -2.15. The molecule has 138 valence electrons. The van der Waals surface area contributed by atoms with E-state index >= 15 is 0 Å². The van der Waals surface area contributed by atoms with Crippen molar-refractivity contribution < 1.29 is 14.3 Å². The number of halogens is 1. The highest BCUT2D eigenvalue weighted by Gasteiger charge is 2.43. The van der Waals surface area contributed by atoms with Gasteiger partial charge in [0, 0.05) is 23.3 Å². The van der Waals surface area contributed by atoms with Crippen molar-refractivity contribution in [2.24, 2.45) is 5.92 Å². The van der Waals surface area contributed by atoms with E-state index in [1.54, 1.807) is 18.3 Å². The normalized spacial score (nSPS) is 18.5. The number of carbonyl (C=O) groups is 1. The number of carbonyl (C=O) groups excluding carboxylic acids is 1. The summed E-state index contributed by atoms with van der Waals surface area (Å²) in [6.07, 6.45) is 2.40. The zero-order chi connectivity index (χ0) is 19.1. The van der Waals surface area contributed by atoms with Gasteiger partial charge >= 0.3 is 0 Å². The van der Waals surface area contributed by atoms with Crippen molar-refractivity contribution in [2.75, 3.05) is 11.1 Å². The minimum Gasteiger partial charge on any atom is -0.390 e. The monoisotopic (exact) mass is 367 g/mol. The van der Waals surface area contributed by atoms with Gasteiger partial charge in [0.15, 0.2) is 0 Å². The van der Waals surface area contributed by atoms with Crippen LogP contribution in [0.4, 0.5) is 16.0 Å². The Labute approximate surface area is 154 Å². The van der Waals surface area contributed by atoms with Crippen molar-refractivity contribution in [3.63, 3.8) is 0 Å². The summed E-state index contributed by atoms with van der Waals surface area (Å²) in [5.41, 5.74) is 8.95. The summed E-state index contributed by atoms with van der Waals surface area (Å²) < 4.78 is 13.0. The quantitative estimate of drug-likeness (QED) is 0.652. The lowest BCUT2D eigenvalue weighted by molar-refractivity contribution is -0.117. The number of aliphatic hydroxyl groups is 1. The van der Waals surface area contributed by atoms with Gasteiger partial charge in [-0.25, -0.2) is 14.4 Å². The van der Waals surface area contributed by atoms with Crippen LogP contribution in [0, 0.1) is 12.8 Å². The molecule has 0 radical (unpaired) electrons. The number of nitrogens with one attached hydrogen (secondary N) is 1. The van der Waals surface area contributed by atoms with Crippen LogP contribution in [0.1, 0.15) is 17.7 Å². The average molecular weight is 367 g/mol. The van der Waals surface area contributed by atoms with Gasteiger partial charge in [-0.2, -0.15) is 0 Å². The predicted octanol–water partition coefficient (Wildman–Crippen LogP) is 2.37. The van der Waals surface area contributed by atoms with Crippen LogP contribution in [0.3, 0.4) is 0 Å². The molecule has 0 bridgehead atoms. The maximum Gasteiger partial charge on any atom is 0.231 e. The lowest BCUT2D eigenvalue weighted by atomic mass is 10.0. The van der Waals surface area contributed by atoms with E-state index in [4.69, 9.17) is 5.73 Å². The van der Waals surface area contributed by atoms with Gasteiger partial charge in [-0.15, -0.1) is 0 Å². The average Bonchev–Trinajstić information content (AvgIpc) is 3.38. The maximum atomic E-state index is 13.0. The molecular weight excluding hydrogens is 349 g/mol. The number of fused-ring (bicyclic) bond motifs is 1. The fourth-order valence-corrected chi connectivity index (χ4v) is 2.96. The number of amides is 1. The van der Waals surface area contributed by atoms with Gasteiger partial charge in [0.05, 0.1) is 23.9 Å². The van der Waals surface area contributed by atoms with E-state index in [0.717, 1.165) is 16.5 Å². The Morgan fingerprint density at radius 1 is 1.33 bits per heavy atom. The van der Waals surface area contributed by atoms with Gasteiger partial charge in [0.1, 0.15) is 17.8 Å². The van der Waals surface area contributed by atoms with E-state index in [2.05, 4.69) is 20.3 Å². The van der Waals surface area contributed by atoms with Crippen molar-refractivity contribution in [1.29, 1.82) is 0 Å². The molecule has 27 heavy (non-hydrogen) atoms. The number of nitrogen functional groups attached to an aromatic ring is 1. The van der Waals surface area contributed by atoms with Crippen molar-refractivity contribution in [1.82, 2.24) is 15.0 Å². The van der Waals surface area contributed by atoms with Gasteiger partial charge in [-0.1, -0.05) is 0 Å². The van der Waals surface area contributed by atoms with E-state index in [-0.39, 0.29) is 18.9 Å². The van der Waals surface area contributed by atoms with Crippen LogP contribution in [0.15, 0.2) is 30.6 Å². The van der Waals surface area contributed by atoms with E-state index < -0.39 is 12.1 Å². The first-order valence-electron chi connectivity index (χ1n) is 8.54. The Bertz CT molecular complexity index is 1060. The molecule has 0 spiro atoms. The molecule has 0 saturated heterocycles. The number of aliphatic hydroxyl groups excluding tert-OH is 1. The second-order valence-corrected chi connectivity index (χ2v) is 6.68. The Morgan fingerprint density at radius 2 is 2.11 bits per heavy atom. The molecule has 4 rings (SSSR count). The molecule has 1 aliphatic carbocycles. The first-order valence-corrected chi connectivity index (χ1v) is 8.54. The molecule has 1 saturated carbocycles. The number of alkyl halides is 1. The number of nitrogens with zero attached hydrogens (tertiary/aromatic N) is 3. The smallest absolute Gasteiger partial charge is 0.231 e.